The zero-order valence-electron chi connectivity index (χ0n) is 9.15. The lowest BCUT2D eigenvalue weighted by Crippen LogP contribution is -2.38. The molecule has 1 aromatic rings. The summed E-state index contributed by atoms with van der Waals surface area (Å²) in [7, 11) is 1.38. The number of carbonyl (C=O) groups is 1. The maximum atomic E-state index is 11.3. The number of carbonyl (C=O) groups excluding carboxylic acids is 1. The number of H-pyrrole nitrogens is 1. The maximum Gasteiger partial charge on any atom is 0.322 e. The van der Waals surface area contributed by atoms with E-state index in [0.717, 1.165) is 0 Å². The zero-order chi connectivity index (χ0) is 11.3. The van der Waals surface area contributed by atoms with E-state index in [2.05, 4.69) is 25.2 Å². The number of nitrogens with zero attached hydrogens (tertiary/aromatic N) is 2. The minimum atomic E-state index is -0.310. The lowest BCUT2D eigenvalue weighted by Gasteiger charge is -2.18. The molecule has 0 aromatic carbocycles. The van der Waals surface area contributed by atoms with Gasteiger partial charge in [-0.05, 0) is 13.3 Å². The van der Waals surface area contributed by atoms with Crippen LogP contribution in [-0.4, -0.2) is 34.3 Å². The van der Waals surface area contributed by atoms with Crippen LogP contribution in [-0.2, 0) is 9.53 Å². The first-order valence-electron chi connectivity index (χ1n) is 4.88. The van der Waals surface area contributed by atoms with E-state index in [1.54, 1.807) is 0 Å². The molecule has 0 radical (unpaired) electrons. The van der Waals surface area contributed by atoms with E-state index in [1.807, 2.05) is 13.8 Å². The number of methoxy groups -OCH3 is 1. The predicted octanol–water partition coefficient (Wildman–Crippen LogP) is 0.407. The first kappa shape index (κ1) is 11.6. The normalized spacial score (nSPS) is 14.6. The van der Waals surface area contributed by atoms with Crippen LogP contribution in [0.15, 0.2) is 6.33 Å². The van der Waals surface area contributed by atoms with E-state index >= 15 is 0 Å². The Hall–Kier alpha value is -1.43. The molecule has 0 aliphatic heterocycles. The summed E-state index contributed by atoms with van der Waals surface area (Å²) in [6.45, 7) is 3.83. The van der Waals surface area contributed by atoms with Gasteiger partial charge in [0.2, 0.25) is 0 Å². The number of esters is 1. The smallest absolute Gasteiger partial charge is 0.322 e. The van der Waals surface area contributed by atoms with Gasteiger partial charge in [-0.15, -0.1) is 0 Å². The fourth-order valence-electron chi connectivity index (χ4n) is 1.30. The van der Waals surface area contributed by atoms with Gasteiger partial charge < -0.3 is 4.74 Å². The molecule has 1 aromatic heterocycles. The standard InChI is InChI=1S/C9H16N4O2/c1-4-7(9(14)15-3)12-6(2)8-10-5-11-13-8/h5-7,12H,4H2,1-3H3,(H,10,11,13). The number of rotatable bonds is 5. The fourth-order valence-corrected chi connectivity index (χ4v) is 1.30. The molecule has 6 nitrogen and oxygen atoms in total. The lowest BCUT2D eigenvalue weighted by molar-refractivity contribution is -0.143. The lowest BCUT2D eigenvalue weighted by atomic mass is 10.2. The minimum absolute atomic E-state index is 0.0588. The van der Waals surface area contributed by atoms with Gasteiger partial charge in [0.25, 0.3) is 0 Å². The Morgan fingerprint density at radius 1 is 1.73 bits per heavy atom. The van der Waals surface area contributed by atoms with Crippen LogP contribution in [0.25, 0.3) is 0 Å². The third-order valence-corrected chi connectivity index (χ3v) is 2.19. The van der Waals surface area contributed by atoms with Crippen LogP contribution >= 0.6 is 0 Å². The molecule has 0 amide bonds. The third-order valence-electron chi connectivity index (χ3n) is 2.19. The van der Waals surface area contributed by atoms with Crippen molar-refractivity contribution < 1.29 is 9.53 Å². The molecular formula is C9H16N4O2. The van der Waals surface area contributed by atoms with E-state index < -0.39 is 0 Å². The van der Waals surface area contributed by atoms with Gasteiger partial charge in [-0.3, -0.25) is 15.2 Å². The molecule has 0 aliphatic rings. The predicted molar refractivity (Wildman–Crippen MR) is 54.0 cm³/mol. The SMILES string of the molecule is CCC(NC(C)c1ncn[nH]1)C(=O)OC. The Balaban J connectivity index is 2.56. The van der Waals surface area contributed by atoms with Gasteiger partial charge >= 0.3 is 5.97 Å². The Bertz CT molecular complexity index is 299. The Morgan fingerprint density at radius 3 is 2.93 bits per heavy atom. The van der Waals surface area contributed by atoms with Gasteiger partial charge in [0.15, 0.2) is 0 Å². The van der Waals surface area contributed by atoms with E-state index in [1.165, 1.54) is 13.4 Å². The van der Waals surface area contributed by atoms with E-state index in [-0.39, 0.29) is 18.1 Å². The van der Waals surface area contributed by atoms with E-state index in [9.17, 15) is 4.79 Å². The van der Waals surface area contributed by atoms with Crippen LogP contribution in [0.2, 0.25) is 0 Å². The van der Waals surface area contributed by atoms with Crippen molar-refractivity contribution in [1.82, 2.24) is 20.5 Å². The van der Waals surface area contributed by atoms with Gasteiger partial charge in [-0.2, -0.15) is 5.10 Å². The quantitative estimate of drug-likeness (QED) is 0.691. The van der Waals surface area contributed by atoms with Crippen molar-refractivity contribution in [3.63, 3.8) is 0 Å². The molecule has 1 rings (SSSR count). The van der Waals surface area contributed by atoms with Crippen molar-refractivity contribution >= 4 is 5.97 Å². The molecule has 15 heavy (non-hydrogen) atoms. The molecule has 2 N–H and O–H groups in total. The summed E-state index contributed by atoms with van der Waals surface area (Å²) < 4.78 is 4.67. The van der Waals surface area contributed by atoms with Crippen molar-refractivity contribution in [2.45, 2.75) is 32.4 Å². The average molecular weight is 212 g/mol. The van der Waals surface area contributed by atoms with Gasteiger partial charge in [-0.25, -0.2) is 4.98 Å². The topological polar surface area (TPSA) is 79.9 Å². The molecule has 84 valence electrons. The van der Waals surface area contributed by atoms with Crippen LogP contribution in [0.3, 0.4) is 0 Å². The molecule has 2 atom stereocenters. The van der Waals surface area contributed by atoms with Gasteiger partial charge in [0, 0.05) is 0 Å². The number of ether oxygens (including phenoxy) is 1. The number of aromatic amines is 1. The van der Waals surface area contributed by atoms with Gasteiger partial charge in [-0.1, -0.05) is 6.92 Å². The summed E-state index contributed by atoms with van der Waals surface area (Å²) in [5.41, 5.74) is 0. The summed E-state index contributed by atoms with van der Waals surface area (Å²) in [5.74, 6) is 0.446. The zero-order valence-corrected chi connectivity index (χ0v) is 9.15. The molecule has 0 aliphatic carbocycles. The molecule has 0 bridgehead atoms. The van der Waals surface area contributed by atoms with Crippen molar-refractivity contribution in [2.24, 2.45) is 0 Å². The highest BCUT2D eigenvalue weighted by Crippen LogP contribution is 2.07. The largest absolute Gasteiger partial charge is 0.468 e. The van der Waals surface area contributed by atoms with Crippen LogP contribution in [0.4, 0.5) is 0 Å². The fraction of sp³-hybridized carbons (Fsp3) is 0.667. The molecule has 0 fully saturated rings. The van der Waals surface area contributed by atoms with Crippen molar-refractivity contribution in [2.75, 3.05) is 7.11 Å². The molecular weight excluding hydrogens is 196 g/mol. The second kappa shape index (κ2) is 5.45. The van der Waals surface area contributed by atoms with Crippen LogP contribution in [0.5, 0.6) is 0 Å². The first-order chi connectivity index (χ1) is 7.19. The Morgan fingerprint density at radius 2 is 2.47 bits per heavy atom. The molecule has 1 heterocycles. The average Bonchev–Trinajstić information content (AvgIpc) is 2.77. The number of nitrogens with one attached hydrogen (secondary N) is 2. The van der Waals surface area contributed by atoms with Gasteiger partial charge in [0.1, 0.15) is 18.2 Å². The van der Waals surface area contributed by atoms with E-state index in [0.29, 0.717) is 12.2 Å². The Kier molecular flexibility index (Phi) is 4.23. The van der Waals surface area contributed by atoms with Crippen LogP contribution < -0.4 is 5.32 Å². The second-order valence-electron chi connectivity index (χ2n) is 3.24. The van der Waals surface area contributed by atoms with Crippen molar-refractivity contribution in [1.29, 1.82) is 0 Å². The second-order valence-corrected chi connectivity index (χ2v) is 3.24. The van der Waals surface area contributed by atoms with E-state index in [4.69, 9.17) is 0 Å². The summed E-state index contributed by atoms with van der Waals surface area (Å²) in [4.78, 5) is 15.3. The highest BCUT2D eigenvalue weighted by molar-refractivity contribution is 5.75. The summed E-state index contributed by atoms with van der Waals surface area (Å²) in [6.07, 6.45) is 2.11. The molecule has 0 saturated carbocycles. The molecule has 0 saturated heterocycles. The highest BCUT2D eigenvalue weighted by Gasteiger charge is 2.20. The summed E-state index contributed by atoms with van der Waals surface area (Å²) >= 11 is 0. The van der Waals surface area contributed by atoms with Crippen molar-refractivity contribution in [3.05, 3.63) is 12.2 Å². The number of hydrogen-bond acceptors (Lipinski definition) is 5. The maximum absolute atomic E-state index is 11.3. The van der Waals surface area contributed by atoms with Gasteiger partial charge in [0.05, 0.1) is 13.2 Å². The summed E-state index contributed by atoms with van der Waals surface area (Å²) in [5, 5.41) is 9.61. The third kappa shape index (κ3) is 3.02. The van der Waals surface area contributed by atoms with Crippen LogP contribution in [0, 0.1) is 0 Å². The monoisotopic (exact) mass is 212 g/mol. The first-order valence-corrected chi connectivity index (χ1v) is 4.88. The molecule has 2 unspecified atom stereocenters. The molecule has 0 spiro atoms. The van der Waals surface area contributed by atoms with Crippen molar-refractivity contribution in [3.8, 4) is 0 Å². The minimum Gasteiger partial charge on any atom is -0.468 e. The molecule has 6 heteroatoms. The number of aromatic nitrogens is 3. The highest BCUT2D eigenvalue weighted by atomic mass is 16.5. The number of hydrogen-bond donors (Lipinski definition) is 2. The van der Waals surface area contributed by atoms with Crippen LogP contribution in [0.1, 0.15) is 32.1 Å². The summed E-state index contributed by atoms with van der Waals surface area (Å²) in [6, 6.07) is -0.369. The Labute approximate surface area is 88.4 Å².